The summed E-state index contributed by atoms with van der Waals surface area (Å²) in [5.41, 5.74) is 0.871. The third kappa shape index (κ3) is 4.93. The molecule has 0 saturated carbocycles. The summed E-state index contributed by atoms with van der Waals surface area (Å²) in [6.45, 7) is 0.147. The molecule has 2 aromatic carbocycles. The maximum atomic E-state index is 11.9. The molecular formula is C16H14Cl3NO3. The van der Waals surface area contributed by atoms with E-state index in [1.807, 2.05) is 24.3 Å². The lowest BCUT2D eigenvalue weighted by Crippen LogP contribution is -2.28. The SMILES string of the molecule is COc1ccccc1CNC(=O)COc1cc(Cl)c(Cl)cc1Cl. The highest BCUT2D eigenvalue weighted by Gasteiger charge is 2.10. The molecule has 4 nitrogen and oxygen atoms in total. The molecule has 1 N–H and O–H groups in total. The first-order chi connectivity index (χ1) is 11.0. The number of halogens is 3. The van der Waals surface area contributed by atoms with E-state index in [1.165, 1.54) is 12.1 Å². The molecule has 23 heavy (non-hydrogen) atoms. The quantitative estimate of drug-likeness (QED) is 0.765. The largest absolute Gasteiger partial charge is 0.496 e. The first-order valence-electron chi connectivity index (χ1n) is 6.67. The topological polar surface area (TPSA) is 47.6 Å². The van der Waals surface area contributed by atoms with E-state index in [2.05, 4.69) is 5.32 Å². The minimum Gasteiger partial charge on any atom is -0.496 e. The van der Waals surface area contributed by atoms with Crippen LogP contribution in [0.3, 0.4) is 0 Å². The molecule has 0 spiro atoms. The van der Waals surface area contributed by atoms with Crippen molar-refractivity contribution in [3.8, 4) is 11.5 Å². The highest BCUT2D eigenvalue weighted by atomic mass is 35.5. The first-order valence-corrected chi connectivity index (χ1v) is 7.80. The number of ether oxygens (including phenoxy) is 2. The average molecular weight is 375 g/mol. The fraction of sp³-hybridized carbons (Fsp3) is 0.188. The maximum absolute atomic E-state index is 11.9. The number of hydrogen-bond donors (Lipinski definition) is 1. The number of para-hydroxylation sites is 1. The van der Waals surface area contributed by atoms with Gasteiger partial charge < -0.3 is 14.8 Å². The third-order valence-electron chi connectivity index (χ3n) is 3.00. The summed E-state index contributed by atoms with van der Waals surface area (Å²) in [6.07, 6.45) is 0. The molecule has 0 aliphatic heterocycles. The van der Waals surface area contributed by atoms with Crippen molar-refractivity contribution in [3.63, 3.8) is 0 Å². The van der Waals surface area contributed by atoms with Crippen LogP contribution in [0.1, 0.15) is 5.56 Å². The summed E-state index contributed by atoms with van der Waals surface area (Å²) < 4.78 is 10.6. The van der Waals surface area contributed by atoms with Crippen LogP contribution >= 0.6 is 34.8 Å². The number of carbonyl (C=O) groups is 1. The molecule has 0 saturated heterocycles. The van der Waals surface area contributed by atoms with E-state index in [9.17, 15) is 4.79 Å². The fourth-order valence-electron chi connectivity index (χ4n) is 1.85. The van der Waals surface area contributed by atoms with Gasteiger partial charge in [-0.3, -0.25) is 4.79 Å². The summed E-state index contributed by atoms with van der Waals surface area (Å²) in [7, 11) is 1.58. The minimum atomic E-state index is -0.293. The van der Waals surface area contributed by atoms with Crippen LogP contribution in [0.5, 0.6) is 11.5 Å². The van der Waals surface area contributed by atoms with E-state index < -0.39 is 0 Å². The number of methoxy groups -OCH3 is 1. The maximum Gasteiger partial charge on any atom is 0.258 e. The van der Waals surface area contributed by atoms with E-state index in [1.54, 1.807) is 7.11 Å². The molecule has 0 fully saturated rings. The Morgan fingerprint density at radius 1 is 1.04 bits per heavy atom. The molecule has 0 aromatic heterocycles. The Kier molecular flexibility index (Phi) is 6.39. The molecule has 122 valence electrons. The second-order valence-electron chi connectivity index (χ2n) is 4.57. The van der Waals surface area contributed by atoms with E-state index in [4.69, 9.17) is 44.3 Å². The lowest BCUT2D eigenvalue weighted by molar-refractivity contribution is -0.123. The summed E-state index contributed by atoms with van der Waals surface area (Å²) >= 11 is 17.7. The van der Waals surface area contributed by atoms with Crippen molar-refractivity contribution >= 4 is 40.7 Å². The number of carbonyl (C=O) groups excluding carboxylic acids is 1. The van der Waals surface area contributed by atoms with Gasteiger partial charge in [0.2, 0.25) is 0 Å². The van der Waals surface area contributed by atoms with Crippen molar-refractivity contribution in [1.29, 1.82) is 0 Å². The van der Waals surface area contributed by atoms with Gasteiger partial charge in [0.1, 0.15) is 11.5 Å². The van der Waals surface area contributed by atoms with Gasteiger partial charge in [-0.05, 0) is 12.1 Å². The van der Waals surface area contributed by atoms with Gasteiger partial charge in [0.15, 0.2) is 6.61 Å². The number of nitrogens with one attached hydrogen (secondary N) is 1. The Bertz CT molecular complexity index is 707. The second-order valence-corrected chi connectivity index (χ2v) is 5.80. The molecule has 1 amide bonds. The van der Waals surface area contributed by atoms with Crippen molar-refractivity contribution < 1.29 is 14.3 Å². The van der Waals surface area contributed by atoms with Crippen LogP contribution in [0.25, 0.3) is 0 Å². The summed E-state index contributed by atoms with van der Waals surface area (Å²) in [5.74, 6) is 0.716. The zero-order valence-corrected chi connectivity index (χ0v) is 14.5. The van der Waals surface area contributed by atoms with Crippen molar-refractivity contribution in [2.75, 3.05) is 13.7 Å². The summed E-state index contributed by atoms with van der Waals surface area (Å²) in [5, 5.41) is 3.66. The Morgan fingerprint density at radius 3 is 2.48 bits per heavy atom. The van der Waals surface area contributed by atoms with E-state index >= 15 is 0 Å². The second kappa shape index (κ2) is 8.29. The smallest absolute Gasteiger partial charge is 0.258 e. The van der Waals surface area contributed by atoms with Crippen molar-refractivity contribution in [2.24, 2.45) is 0 Å². The van der Waals surface area contributed by atoms with E-state index in [-0.39, 0.29) is 17.5 Å². The van der Waals surface area contributed by atoms with Gasteiger partial charge in [0.05, 0.1) is 22.2 Å². The van der Waals surface area contributed by atoms with Crippen LogP contribution < -0.4 is 14.8 Å². The van der Waals surface area contributed by atoms with E-state index in [0.717, 1.165) is 5.56 Å². The van der Waals surface area contributed by atoms with Gasteiger partial charge in [-0.25, -0.2) is 0 Å². The Morgan fingerprint density at radius 2 is 1.74 bits per heavy atom. The molecule has 0 radical (unpaired) electrons. The molecule has 0 atom stereocenters. The van der Waals surface area contributed by atoms with Gasteiger partial charge >= 0.3 is 0 Å². The molecule has 0 bridgehead atoms. The zero-order chi connectivity index (χ0) is 16.8. The molecule has 7 heteroatoms. The lowest BCUT2D eigenvalue weighted by atomic mass is 10.2. The molecule has 2 aromatic rings. The Hall–Kier alpha value is -1.62. The third-order valence-corrected chi connectivity index (χ3v) is 4.02. The van der Waals surface area contributed by atoms with Gasteiger partial charge in [0.25, 0.3) is 5.91 Å². The summed E-state index contributed by atoms with van der Waals surface area (Å²) in [4.78, 5) is 11.9. The van der Waals surface area contributed by atoms with Crippen LogP contribution in [0, 0.1) is 0 Å². The minimum absolute atomic E-state index is 0.188. The average Bonchev–Trinajstić information content (AvgIpc) is 2.55. The Balaban J connectivity index is 1.89. The fourth-order valence-corrected chi connectivity index (χ4v) is 2.44. The van der Waals surface area contributed by atoms with Crippen LogP contribution in [-0.4, -0.2) is 19.6 Å². The predicted molar refractivity (Wildman–Crippen MR) is 91.8 cm³/mol. The molecule has 0 unspecified atom stereocenters. The van der Waals surface area contributed by atoms with Gasteiger partial charge in [0, 0.05) is 18.2 Å². The standard InChI is InChI=1S/C16H14Cl3NO3/c1-22-14-5-3-2-4-10(14)8-20-16(21)9-23-15-7-12(18)11(17)6-13(15)19/h2-7H,8-9H2,1H3,(H,20,21). The van der Waals surface area contributed by atoms with Gasteiger partial charge in [-0.1, -0.05) is 53.0 Å². The highest BCUT2D eigenvalue weighted by Crippen LogP contribution is 2.33. The number of hydrogen-bond acceptors (Lipinski definition) is 3. The highest BCUT2D eigenvalue weighted by molar-refractivity contribution is 6.43. The van der Waals surface area contributed by atoms with Gasteiger partial charge in [-0.2, -0.15) is 0 Å². The normalized spacial score (nSPS) is 10.3. The molecule has 2 rings (SSSR count). The monoisotopic (exact) mass is 373 g/mol. The summed E-state index contributed by atoms with van der Waals surface area (Å²) in [6, 6.07) is 10.4. The zero-order valence-electron chi connectivity index (χ0n) is 12.2. The molecule has 0 aliphatic rings. The molecule has 0 aliphatic carbocycles. The van der Waals surface area contributed by atoms with Crippen LogP contribution in [0.15, 0.2) is 36.4 Å². The first kappa shape index (κ1) is 17.7. The number of rotatable bonds is 6. The van der Waals surface area contributed by atoms with E-state index in [0.29, 0.717) is 28.1 Å². The van der Waals surface area contributed by atoms with Crippen LogP contribution in [0.2, 0.25) is 15.1 Å². The van der Waals surface area contributed by atoms with Gasteiger partial charge in [-0.15, -0.1) is 0 Å². The molecular weight excluding hydrogens is 361 g/mol. The predicted octanol–water partition coefficient (Wildman–Crippen LogP) is 4.35. The number of benzene rings is 2. The van der Waals surface area contributed by atoms with Crippen LogP contribution in [-0.2, 0) is 11.3 Å². The van der Waals surface area contributed by atoms with Crippen molar-refractivity contribution in [3.05, 3.63) is 57.0 Å². The molecule has 0 heterocycles. The number of amides is 1. The van der Waals surface area contributed by atoms with Crippen LogP contribution in [0.4, 0.5) is 0 Å². The van der Waals surface area contributed by atoms with Crippen molar-refractivity contribution in [1.82, 2.24) is 5.32 Å². The Labute approximate surface area is 149 Å². The van der Waals surface area contributed by atoms with Crippen molar-refractivity contribution in [2.45, 2.75) is 6.54 Å². The lowest BCUT2D eigenvalue weighted by Gasteiger charge is -2.11.